The number of amides is 13. The smallest absolute Gasteiger partial charge is 0.407 e. The fourth-order valence-corrected chi connectivity index (χ4v) is 15.1. The summed E-state index contributed by atoms with van der Waals surface area (Å²) in [6.45, 7) is -2.67. The summed E-state index contributed by atoms with van der Waals surface area (Å²) in [6.07, 6.45) is -7.84. The Hall–Kier alpha value is -12.7. The van der Waals surface area contributed by atoms with E-state index in [0.717, 1.165) is 41.9 Å². The summed E-state index contributed by atoms with van der Waals surface area (Å²) in [6, 6.07) is 22.9. The van der Waals surface area contributed by atoms with Gasteiger partial charge in [0.05, 0.1) is 93.4 Å². The zero-order valence-corrected chi connectivity index (χ0v) is 66.2. The third kappa shape index (κ3) is 20.3. The molecule has 6 aromatic rings. The minimum absolute atomic E-state index is 0.00806. The van der Waals surface area contributed by atoms with Crippen molar-refractivity contribution in [3.8, 4) is 22.5 Å². The molecule has 632 valence electrons. The van der Waals surface area contributed by atoms with E-state index in [9.17, 15) is 87.2 Å². The number of hydrogen-bond donors (Lipinski definition) is 12. The number of aromatic nitrogens is 2. The monoisotopic (exact) mass is 1650 g/mol. The van der Waals surface area contributed by atoms with E-state index in [0.29, 0.717) is 57.4 Å². The molecule has 1 fully saturated rings. The lowest BCUT2D eigenvalue weighted by Gasteiger charge is -2.31. The Morgan fingerprint density at radius 1 is 0.681 bits per heavy atom. The van der Waals surface area contributed by atoms with Gasteiger partial charge in [-0.2, -0.15) is 0 Å². The molecule has 0 spiro atoms. The Bertz CT molecular complexity index is 5020. The lowest BCUT2D eigenvalue weighted by Crippen LogP contribution is -2.53. The number of alkyl carbamates (subject to hydrolysis) is 1. The number of aryl methyl sites for hydroxylation is 1. The number of rotatable bonds is 35. The summed E-state index contributed by atoms with van der Waals surface area (Å²) in [5.41, 5.74) is 10.2. The van der Waals surface area contributed by atoms with Crippen LogP contribution in [0.5, 0.6) is 0 Å². The molecule has 5 heterocycles. The molecule has 0 bridgehead atoms. The maximum absolute atomic E-state index is 15.5. The van der Waals surface area contributed by atoms with Crippen molar-refractivity contribution in [1.29, 1.82) is 0 Å². The first-order valence-corrected chi connectivity index (χ1v) is 38.5. The van der Waals surface area contributed by atoms with Crippen LogP contribution in [0.15, 0.2) is 95.8 Å². The quantitative estimate of drug-likeness (QED) is 0.0114. The third-order valence-corrected chi connectivity index (χ3v) is 21.7. The van der Waals surface area contributed by atoms with Gasteiger partial charge in [0.1, 0.15) is 62.8 Å². The molecule has 38 heteroatoms. The van der Waals surface area contributed by atoms with Crippen molar-refractivity contribution in [2.45, 2.75) is 126 Å². The summed E-state index contributed by atoms with van der Waals surface area (Å²) in [7, 11) is 5.23. The van der Waals surface area contributed by atoms with Crippen molar-refractivity contribution in [2.24, 2.45) is 5.73 Å². The molecule has 2 aromatic heterocycles. The highest BCUT2D eigenvalue weighted by atomic mass is 19.1. The Kier molecular flexibility index (Phi) is 28.0. The van der Waals surface area contributed by atoms with Crippen molar-refractivity contribution in [3.63, 3.8) is 0 Å². The molecule has 13 N–H and O–H groups in total. The summed E-state index contributed by atoms with van der Waals surface area (Å²) in [5, 5.41) is 54.1. The zero-order valence-electron chi connectivity index (χ0n) is 66.2. The fraction of sp³-hybridized carbons (Fsp3) is 0.432. The topological polar surface area (TPSA) is 507 Å². The Morgan fingerprint density at radius 2 is 1.27 bits per heavy atom. The molecule has 0 radical (unpaired) electrons. The van der Waals surface area contributed by atoms with E-state index < -0.39 is 221 Å². The Morgan fingerprint density at radius 3 is 1.91 bits per heavy atom. The predicted molar refractivity (Wildman–Crippen MR) is 418 cm³/mol. The van der Waals surface area contributed by atoms with Crippen LogP contribution in [-0.4, -0.2) is 264 Å². The number of pyridine rings is 2. The van der Waals surface area contributed by atoms with Crippen molar-refractivity contribution >= 4 is 93.9 Å². The van der Waals surface area contributed by atoms with E-state index in [1.165, 1.54) is 38.8 Å². The lowest BCUT2D eigenvalue weighted by molar-refractivity contribution is -0.172. The number of nitrogens with zero attached hydrogens (tertiary/aromatic N) is 6. The SMILES string of the molecule is CC[C@@]1(O)C(=O)OCc2c1cc1n(c2=O)Cc2c-1nc1cc(F)c(C)c3c1c2[C@@H](NC(=O)COCNC(=O)CNC(=O)[C@H](Cc1ccccc1)NC(=O)CNC(=O)CNC(=O)[C@H](CCC(=O)NC[C@H]1O[C@@H](CC(=O)N(C)CC(=O)N(C)CC(=O)N(C)CC(=O)N(C)CC(N)=O)[C@H](O)[C@@H]1O)NC(=O)OCC1c2ccccc2-c2ccccc21)CC3. The number of nitrogens with two attached hydrogens (primary N) is 1. The number of primary amides is 1. The molecule has 4 aromatic carbocycles. The number of benzene rings is 4. The zero-order chi connectivity index (χ0) is 85.8. The first-order valence-electron chi connectivity index (χ1n) is 38.5. The molecule has 1 saturated heterocycles. The van der Waals surface area contributed by atoms with Gasteiger partial charge in [0.15, 0.2) is 5.60 Å². The summed E-state index contributed by atoms with van der Waals surface area (Å²) in [5.74, 6) is -10.8. The molecule has 5 aliphatic rings. The standard InChI is InChI=1S/C81H94FN15O22/c1-7-81(115)52-26-58-73-49(33-97(58)78(112)51(52)39-117-79(81)113)72-54(22-21-44-42(2)53(82)27-56(91-73)71(44)72)89-66(103)40-116-41-88-64(101)31-87-77(111)57(25-43-15-9-8-10-16-43)90-65(102)32-85-63(100)30-86-76(110)55(92-80(114)118-38-50-47-19-13-11-17-45(47)46-18-12-14-20-48(46)50)23-24-62(99)84-29-60-75(109)74(108)59(119-60)28-67(104)94(4)35-69(106)96(6)37-70(107)95(5)36-68(105)93(3)34-61(83)98/h8-20,26-27,50,54-55,57,59-60,74-75,108-109,115H,7,21-25,28-41H2,1-6H3,(H2,83,98)(H,84,99)(H,85,100)(H,86,110)(H,87,111)(H,88,101)(H,89,103)(H,90,102)(H,92,114)/t54-,55-,57-,59-,60+,74-,75+,81-/m0/s1. The molecule has 119 heavy (non-hydrogen) atoms. The molecule has 37 nitrogen and oxygen atoms in total. The van der Waals surface area contributed by atoms with E-state index >= 15 is 4.39 Å². The molecule has 0 unspecified atom stereocenters. The van der Waals surface area contributed by atoms with Crippen LogP contribution in [0.25, 0.3) is 33.4 Å². The number of cyclic esters (lactones) is 1. The largest absolute Gasteiger partial charge is 0.458 e. The van der Waals surface area contributed by atoms with E-state index in [2.05, 4.69) is 42.5 Å². The van der Waals surface area contributed by atoms with Crippen LogP contribution in [0.2, 0.25) is 0 Å². The number of fused-ring (bicyclic) bond motifs is 8. The Balaban J connectivity index is 0.643. The van der Waals surface area contributed by atoms with Gasteiger partial charge in [-0.3, -0.25) is 62.3 Å². The maximum atomic E-state index is 15.5. The molecule has 2 aliphatic carbocycles. The van der Waals surface area contributed by atoms with Crippen LogP contribution in [0.4, 0.5) is 9.18 Å². The number of halogens is 1. The van der Waals surface area contributed by atoms with Crippen LogP contribution in [0.1, 0.15) is 101 Å². The number of carbonyl (C=O) groups is 14. The van der Waals surface area contributed by atoms with Gasteiger partial charge < -0.3 is 107 Å². The normalized spacial score (nSPS) is 18.2. The van der Waals surface area contributed by atoms with E-state index in [1.54, 1.807) is 50.2 Å². The minimum Gasteiger partial charge on any atom is -0.458 e. The second kappa shape index (κ2) is 38.2. The van der Waals surface area contributed by atoms with Crippen LogP contribution < -0.4 is 53.8 Å². The van der Waals surface area contributed by atoms with E-state index in [-0.39, 0.29) is 61.7 Å². The van der Waals surface area contributed by atoms with Gasteiger partial charge in [-0.05, 0) is 83.2 Å². The average Bonchev–Trinajstić information content (AvgIpc) is 1.59. The highest BCUT2D eigenvalue weighted by Crippen LogP contribution is 2.47. The van der Waals surface area contributed by atoms with Crippen molar-refractivity contribution < 1.29 is 106 Å². The van der Waals surface area contributed by atoms with Gasteiger partial charge in [0, 0.05) is 76.1 Å². The molecule has 13 amide bonds. The van der Waals surface area contributed by atoms with Crippen LogP contribution in [0.3, 0.4) is 0 Å². The summed E-state index contributed by atoms with van der Waals surface area (Å²) < 4.78 is 39.2. The average molecular weight is 1650 g/mol. The first-order chi connectivity index (χ1) is 56.7. The summed E-state index contributed by atoms with van der Waals surface area (Å²) in [4.78, 5) is 207. The summed E-state index contributed by atoms with van der Waals surface area (Å²) >= 11 is 0. The lowest BCUT2D eigenvalue weighted by atomic mass is 9.81. The molecular weight excluding hydrogens is 1550 g/mol. The number of nitrogens with one attached hydrogen (secondary N) is 8. The highest BCUT2D eigenvalue weighted by molar-refractivity contribution is 5.97. The maximum Gasteiger partial charge on any atom is 0.407 e. The minimum atomic E-state index is -2.09. The van der Waals surface area contributed by atoms with Gasteiger partial charge >= 0.3 is 12.1 Å². The van der Waals surface area contributed by atoms with Gasteiger partial charge in [0.25, 0.3) is 5.56 Å². The number of aliphatic hydroxyl groups excluding tert-OH is 2. The predicted octanol–water partition coefficient (Wildman–Crippen LogP) is -2.20. The van der Waals surface area contributed by atoms with Crippen molar-refractivity contribution in [3.05, 3.63) is 157 Å². The molecule has 3 aliphatic heterocycles. The third-order valence-electron chi connectivity index (χ3n) is 21.7. The van der Waals surface area contributed by atoms with Crippen LogP contribution in [0, 0.1) is 12.7 Å². The number of likely N-dealkylation sites (N-methyl/N-ethyl adjacent to an activating group) is 4. The van der Waals surface area contributed by atoms with Gasteiger partial charge in [0.2, 0.25) is 70.9 Å². The molecular formula is C81H94FN15O22. The van der Waals surface area contributed by atoms with E-state index in [1.807, 2.05) is 48.5 Å². The number of ether oxygens (including phenoxy) is 4. The van der Waals surface area contributed by atoms with Gasteiger partial charge in [-0.1, -0.05) is 85.8 Å². The van der Waals surface area contributed by atoms with Crippen molar-refractivity contribution in [2.75, 3.05) is 100 Å². The van der Waals surface area contributed by atoms with Crippen LogP contribution in [-0.2, 0) is 113 Å². The number of hydrogen-bond acceptors (Lipinski definition) is 23. The van der Waals surface area contributed by atoms with Gasteiger partial charge in [-0.25, -0.2) is 19.0 Å². The number of aliphatic hydroxyl groups is 3. The van der Waals surface area contributed by atoms with Crippen LogP contribution >= 0.6 is 0 Å². The Labute approximate surface area is 680 Å². The van der Waals surface area contributed by atoms with E-state index in [4.69, 9.17) is 29.7 Å². The fourth-order valence-electron chi connectivity index (χ4n) is 15.1. The van der Waals surface area contributed by atoms with Gasteiger partial charge in [-0.15, -0.1) is 0 Å². The number of carbonyl (C=O) groups excluding carboxylic acids is 14. The van der Waals surface area contributed by atoms with Crippen molar-refractivity contribution in [1.82, 2.24) is 71.7 Å². The number of esters is 1. The molecule has 8 atom stereocenters. The highest BCUT2D eigenvalue weighted by Gasteiger charge is 2.47. The molecule has 11 rings (SSSR count). The second-order valence-electron chi connectivity index (χ2n) is 29.8. The second-order valence-corrected chi connectivity index (χ2v) is 29.8. The molecule has 0 saturated carbocycles. The first kappa shape index (κ1) is 87.2.